The molecule has 0 bridgehead atoms. The lowest BCUT2D eigenvalue weighted by molar-refractivity contribution is 0.167. The Balaban J connectivity index is 1.45. The normalized spacial score (nSPS) is 13.7. The molecular formula is C17H18ClN5OS. The average Bonchev–Trinajstić information content (AvgIpc) is 3.17. The van der Waals surface area contributed by atoms with Gasteiger partial charge in [0.1, 0.15) is 0 Å². The van der Waals surface area contributed by atoms with Gasteiger partial charge in [-0.15, -0.1) is 11.3 Å². The van der Waals surface area contributed by atoms with E-state index in [4.69, 9.17) is 11.6 Å². The first-order chi connectivity index (χ1) is 12.2. The zero-order valence-electron chi connectivity index (χ0n) is 13.5. The number of amides is 2. The molecule has 1 fully saturated rings. The molecule has 0 spiro atoms. The number of carbonyl (C=O) groups excluding carboxylic acids is 1. The molecule has 0 radical (unpaired) electrons. The van der Waals surface area contributed by atoms with Crippen molar-refractivity contribution in [2.45, 2.75) is 19.5 Å². The minimum atomic E-state index is -0.00597. The highest BCUT2D eigenvalue weighted by Crippen LogP contribution is 2.29. The number of fused-ring (bicyclic) bond motifs is 1. The molecule has 25 heavy (non-hydrogen) atoms. The highest BCUT2D eigenvalue weighted by atomic mass is 35.5. The fourth-order valence-electron chi connectivity index (χ4n) is 2.76. The van der Waals surface area contributed by atoms with Gasteiger partial charge in [0.15, 0.2) is 0 Å². The van der Waals surface area contributed by atoms with Crippen LogP contribution in [-0.4, -0.2) is 34.0 Å². The maximum atomic E-state index is 11.9. The van der Waals surface area contributed by atoms with Gasteiger partial charge in [0.05, 0.1) is 35.0 Å². The van der Waals surface area contributed by atoms with Gasteiger partial charge in [-0.3, -0.25) is 0 Å². The van der Waals surface area contributed by atoms with Crippen LogP contribution < -0.4 is 10.6 Å². The van der Waals surface area contributed by atoms with E-state index in [0.717, 1.165) is 47.5 Å². The van der Waals surface area contributed by atoms with Crippen molar-refractivity contribution in [1.29, 1.82) is 0 Å². The Morgan fingerprint density at radius 2 is 2.20 bits per heavy atom. The molecule has 8 heteroatoms. The smallest absolute Gasteiger partial charge is 0.317 e. The summed E-state index contributed by atoms with van der Waals surface area (Å²) in [7, 11) is 0. The number of nitrogens with zero attached hydrogens (tertiary/aromatic N) is 2. The summed E-state index contributed by atoms with van der Waals surface area (Å²) in [6.07, 6.45) is 1.09. The van der Waals surface area contributed by atoms with Crippen LogP contribution in [-0.2, 0) is 13.1 Å². The first-order valence-electron chi connectivity index (χ1n) is 8.14. The number of thiazole rings is 1. The fraction of sp³-hybridized carbons (Fsp3) is 0.294. The molecule has 0 unspecified atom stereocenters. The molecule has 6 nitrogen and oxygen atoms in total. The largest absolute Gasteiger partial charge is 0.378 e. The summed E-state index contributed by atoms with van der Waals surface area (Å²) < 4.78 is 0. The number of likely N-dealkylation sites (tertiary alicyclic amines) is 1. The number of benzene rings is 1. The van der Waals surface area contributed by atoms with Gasteiger partial charge < -0.3 is 20.5 Å². The number of halogens is 1. The lowest BCUT2D eigenvalue weighted by Crippen LogP contribution is -2.47. The number of rotatable bonds is 5. The van der Waals surface area contributed by atoms with E-state index in [1.165, 1.54) is 0 Å². The summed E-state index contributed by atoms with van der Waals surface area (Å²) >= 11 is 7.95. The first kappa shape index (κ1) is 16.2. The van der Waals surface area contributed by atoms with Crippen molar-refractivity contribution >= 4 is 45.6 Å². The Labute approximate surface area is 154 Å². The van der Waals surface area contributed by atoms with Crippen LogP contribution in [0.15, 0.2) is 29.1 Å². The summed E-state index contributed by atoms with van der Waals surface area (Å²) in [5.41, 5.74) is 5.60. The number of hydrogen-bond acceptors (Lipinski definition) is 4. The van der Waals surface area contributed by atoms with E-state index in [2.05, 4.69) is 20.6 Å². The van der Waals surface area contributed by atoms with Crippen molar-refractivity contribution in [2.24, 2.45) is 0 Å². The molecule has 1 aromatic carbocycles. The molecular weight excluding hydrogens is 358 g/mol. The molecule has 3 heterocycles. The summed E-state index contributed by atoms with van der Waals surface area (Å²) in [4.78, 5) is 21.3. The second kappa shape index (κ2) is 6.93. The quantitative estimate of drug-likeness (QED) is 0.635. The van der Waals surface area contributed by atoms with E-state index in [1.54, 1.807) is 16.2 Å². The Morgan fingerprint density at radius 3 is 2.92 bits per heavy atom. The van der Waals surface area contributed by atoms with Crippen LogP contribution in [0.1, 0.15) is 17.8 Å². The van der Waals surface area contributed by atoms with E-state index in [0.29, 0.717) is 18.1 Å². The fourth-order valence-corrected chi connectivity index (χ4v) is 3.55. The number of aromatic nitrogens is 2. The average molecular weight is 376 g/mol. The van der Waals surface area contributed by atoms with Gasteiger partial charge >= 0.3 is 6.03 Å². The van der Waals surface area contributed by atoms with E-state index in [1.807, 2.05) is 29.1 Å². The lowest BCUT2D eigenvalue weighted by Gasteiger charge is -2.30. The number of hydrogen-bond donors (Lipinski definition) is 3. The Morgan fingerprint density at radius 1 is 1.32 bits per heavy atom. The summed E-state index contributed by atoms with van der Waals surface area (Å²) in [6.45, 7) is 2.81. The number of H-pyrrole nitrogens is 1. The monoisotopic (exact) mass is 375 g/mol. The third kappa shape index (κ3) is 3.57. The molecule has 4 rings (SSSR count). The van der Waals surface area contributed by atoms with Gasteiger partial charge in [-0.25, -0.2) is 9.78 Å². The van der Waals surface area contributed by atoms with Gasteiger partial charge in [-0.1, -0.05) is 11.6 Å². The van der Waals surface area contributed by atoms with Crippen molar-refractivity contribution in [2.75, 3.05) is 18.4 Å². The molecule has 3 aromatic rings. The topological polar surface area (TPSA) is 73.0 Å². The van der Waals surface area contributed by atoms with Gasteiger partial charge in [0.25, 0.3) is 0 Å². The summed E-state index contributed by atoms with van der Waals surface area (Å²) in [5, 5.41) is 9.94. The molecule has 1 aliphatic heterocycles. The van der Waals surface area contributed by atoms with Crippen molar-refractivity contribution in [3.63, 3.8) is 0 Å². The zero-order chi connectivity index (χ0) is 17.2. The molecule has 2 amide bonds. The third-order valence-electron chi connectivity index (χ3n) is 4.28. The number of carbonyl (C=O) groups is 1. The van der Waals surface area contributed by atoms with Gasteiger partial charge in [-0.2, -0.15) is 0 Å². The van der Waals surface area contributed by atoms with Gasteiger partial charge in [0, 0.05) is 35.1 Å². The Bertz CT molecular complexity index is 888. The summed E-state index contributed by atoms with van der Waals surface area (Å²) in [5.74, 6) is 0. The maximum absolute atomic E-state index is 11.9. The third-order valence-corrected chi connectivity index (χ3v) is 5.23. The molecule has 3 N–H and O–H groups in total. The molecule has 2 aromatic heterocycles. The predicted molar refractivity (Wildman–Crippen MR) is 101 cm³/mol. The second-order valence-electron chi connectivity index (χ2n) is 6.05. The van der Waals surface area contributed by atoms with Crippen molar-refractivity contribution in [1.82, 2.24) is 20.2 Å². The molecule has 0 saturated carbocycles. The first-order valence-corrected chi connectivity index (χ1v) is 9.46. The molecule has 1 saturated heterocycles. The molecule has 1 aliphatic rings. The van der Waals surface area contributed by atoms with E-state index >= 15 is 0 Å². The highest BCUT2D eigenvalue weighted by Gasteiger charge is 2.19. The summed E-state index contributed by atoms with van der Waals surface area (Å²) in [6, 6.07) is 5.93. The van der Waals surface area contributed by atoms with Crippen LogP contribution in [0.2, 0.25) is 5.02 Å². The number of anilines is 1. The van der Waals surface area contributed by atoms with Crippen molar-refractivity contribution < 1.29 is 4.79 Å². The highest BCUT2D eigenvalue weighted by molar-refractivity contribution is 7.07. The predicted octanol–water partition coefficient (Wildman–Crippen LogP) is 3.81. The lowest BCUT2D eigenvalue weighted by atomic mass is 10.2. The van der Waals surface area contributed by atoms with Gasteiger partial charge in [-0.05, 0) is 24.6 Å². The maximum Gasteiger partial charge on any atom is 0.317 e. The van der Waals surface area contributed by atoms with E-state index < -0.39 is 0 Å². The number of nitrogens with one attached hydrogen (secondary N) is 3. The van der Waals surface area contributed by atoms with E-state index in [-0.39, 0.29) is 6.03 Å². The van der Waals surface area contributed by atoms with E-state index in [9.17, 15) is 4.79 Å². The van der Waals surface area contributed by atoms with Crippen LogP contribution >= 0.6 is 22.9 Å². The second-order valence-corrected chi connectivity index (χ2v) is 7.17. The van der Waals surface area contributed by atoms with Crippen molar-refractivity contribution in [3.05, 3.63) is 45.5 Å². The SMILES string of the molecule is O=C(NCc1cc2cc(Cl)c(NCc3cscn3)cc2[nH]1)N1CCC1. The molecule has 130 valence electrons. The number of aromatic amines is 1. The van der Waals surface area contributed by atoms with Crippen LogP contribution in [0.4, 0.5) is 10.5 Å². The Kier molecular flexibility index (Phi) is 4.50. The van der Waals surface area contributed by atoms with Crippen LogP contribution in [0.3, 0.4) is 0 Å². The Hall–Kier alpha value is -2.25. The van der Waals surface area contributed by atoms with Crippen LogP contribution in [0, 0.1) is 0 Å². The molecule has 0 atom stereocenters. The minimum Gasteiger partial charge on any atom is -0.378 e. The van der Waals surface area contributed by atoms with Gasteiger partial charge in [0.2, 0.25) is 0 Å². The minimum absolute atomic E-state index is 0.00597. The van der Waals surface area contributed by atoms with Crippen LogP contribution in [0.25, 0.3) is 10.9 Å². The van der Waals surface area contributed by atoms with Crippen molar-refractivity contribution in [3.8, 4) is 0 Å². The van der Waals surface area contributed by atoms with Crippen LogP contribution in [0.5, 0.6) is 0 Å². The molecule has 0 aliphatic carbocycles. The number of urea groups is 1. The standard InChI is InChI=1S/C17H18ClN5OS/c18-14-5-11-4-12(7-20-17(24)23-2-1-3-23)22-15(11)6-16(14)19-8-13-9-25-10-21-13/h4-6,9-10,19,22H,1-3,7-8H2,(H,20,24). The zero-order valence-corrected chi connectivity index (χ0v) is 15.1.